The second-order valence-electron chi connectivity index (χ2n) is 12.8. The van der Waals surface area contributed by atoms with E-state index in [2.05, 4.69) is 66.3 Å². The van der Waals surface area contributed by atoms with Gasteiger partial charge in [0.25, 0.3) is 5.91 Å². The summed E-state index contributed by atoms with van der Waals surface area (Å²) in [7, 11) is 0. The number of hydrogen-bond acceptors (Lipinski definition) is 4. The number of carbonyl (C=O) groups excluding carboxylic acids is 1. The summed E-state index contributed by atoms with van der Waals surface area (Å²) in [4.78, 5) is 19.8. The molecule has 6 nitrogen and oxygen atoms in total. The number of phenols is 1. The third-order valence-corrected chi connectivity index (χ3v) is 8.60. The van der Waals surface area contributed by atoms with Crippen molar-refractivity contribution in [3.63, 3.8) is 0 Å². The molecule has 7 heteroatoms. The maximum Gasteiger partial charge on any atom is 0.252 e. The number of hydrogen-bond donors (Lipinski definition) is 4. The monoisotopic (exact) mass is 590 g/mol. The number of fused-ring (bicyclic) bond motifs is 1. The summed E-state index contributed by atoms with van der Waals surface area (Å²) in [6.07, 6.45) is 1.97. The Kier molecular flexibility index (Phi) is 7.91. The number of rotatable bonds is 6. The number of halogens is 1. The first-order valence-corrected chi connectivity index (χ1v) is 15.2. The van der Waals surface area contributed by atoms with Crippen LogP contribution in [0.1, 0.15) is 66.8 Å². The number of carbonyl (C=O) groups is 1. The van der Waals surface area contributed by atoms with Gasteiger partial charge in [-0.2, -0.15) is 0 Å². The van der Waals surface area contributed by atoms with Crippen molar-refractivity contribution >= 4 is 22.5 Å². The maximum absolute atomic E-state index is 14.4. The Labute approximate surface area is 257 Å². The summed E-state index contributed by atoms with van der Waals surface area (Å²) in [5.74, 6) is -0.928. The molecule has 1 saturated heterocycles. The number of benzene rings is 4. The largest absolute Gasteiger partial charge is 0.508 e. The minimum atomic E-state index is -0.815. The van der Waals surface area contributed by atoms with E-state index in [0.29, 0.717) is 11.3 Å². The van der Waals surface area contributed by atoms with Crippen molar-refractivity contribution in [3.8, 4) is 16.9 Å². The fourth-order valence-corrected chi connectivity index (χ4v) is 5.93. The number of phenolic OH excluding ortho intramolecular Hbond substituents is 1. The van der Waals surface area contributed by atoms with Crippen molar-refractivity contribution in [2.24, 2.45) is 5.73 Å². The first-order valence-electron chi connectivity index (χ1n) is 15.2. The smallest absolute Gasteiger partial charge is 0.252 e. The predicted molar refractivity (Wildman–Crippen MR) is 176 cm³/mol. The Balaban J connectivity index is 1.36. The molecule has 5 aromatic rings. The molecule has 226 valence electrons. The van der Waals surface area contributed by atoms with E-state index in [-0.39, 0.29) is 28.7 Å². The Hall–Kier alpha value is -4.62. The normalized spacial score (nSPS) is 15.0. The fourth-order valence-electron chi connectivity index (χ4n) is 5.93. The summed E-state index contributed by atoms with van der Waals surface area (Å²) >= 11 is 0. The van der Waals surface area contributed by atoms with Gasteiger partial charge in [-0.3, -0.25) is 4.79 Å². The molecule has 4 aromatic carbocycles. The predicted octanol–water partition coefficient (Wildman–Crippen LogP) is 7.42. The molecule has 1 aliphatic heterocycles. The van der Waals surface area contributed by atoms with Crippen molar-refractivity contribution in [2.45, 2.75) is 51.1 Å². The molecular weight excluding hydrogens is 551 g/mol. The quantitative estimate of drug-likeness (QED) is 0.166. The molecule has 6 rings (SSSR count). The molecule has 1 atom stereocenters. The van der Waals surface area contributed by atoms with Crippen molar-refractivity contribution in [3.05, 3.63) is 119 Å². The maximum atomic E-state index is 14.4. The minimum absolute atomic E-state index is 0.102. The SMILES string of the molecule is CC(C)(C)c1cc(C(=O)N[C@@H](c2cc3ccccc3[nH]2)c2cc(F)ccc2O)cc(-c2ccc(N3CCC(N)CC3)cc2)c1. The second kappa shape index (κ2) is 11.8. The fraction of sp³-hybridized carbons (Fsp3) is 0.270. The van der Waals surface area contributed by atoms with Gasteiger partial charge in [0.15, 0.2) is 0 Å². The van der Waals surface area contributed by atoms with Crippen LogP contribution in [0.3, 0.4) is 0 Å². The molecule has 1 aliphatic rings. The third kappa shape index (κ3) is 6.19. The van der Waals surface area contributed by atoms with Crippen LogP contribution in [0.15, 0.2) is 91.0 Å². The summed E-state index contributed by atoms with van der Waals surface area (Å²) in [5.41, 5.74) is 12.3. The van der Waals surface area contributed by atoms with Gasteiger partial charge in [0.05, 0.1) is 6.04 Å². The van der Waals surface area contributed by atoms with Gasteiger partial charge in [-0.25, -0.2) is 4.39 Å². The van der Waals surface area contributed by atoms with Gasteiger partial charge in [0, 0.05) is 47.2 Å². The number of nitrogens with one attached hydrogen (secondary N) is 2. The number of para-hydroxylation sites is 1. The molecule has 0 saturated carbocycles. The number of H-pyrrole nitrogens is 1. The molecule has 2 heterocycles. The topological polar surface area (TPSA) is 94.4 Å². The van der Waals surface area contributed by atoms with Crippen LogP contribution < -0.4 is 16.0 Å². The van der Waals surface area contributed by atoms with Crippen LogP contribution in [0.4, 0.5) is 10.1 Å². The summed E-state index contributed by atoms with van der Waals surface area (Å²) in [5, 5.41) is 14.8. The highest BCUT2D eigenvalue weighted by atomic mass is 19.1. The van der Waals surface area contributed by atoms with E-state index in [4.69, 9.17) is 5.73 Å². The highest BCUT2D eigenvalue weighted by Crippen LogP contribution is 2.34. The number of aromatic nitrogens is 1. The number of anilines is 1. The number of nitrogens with two attached hydrogens (primary N) is 1. The lowest BCUT2D eigenvalue weighted by Crippen LogP contribution is -2.39. The zero-order valence-corrected chi connectivity index (χ0v) is 25.4. The van der Waals surface area contributed by atoms with Gasteiger partial charge in [0.2, 0.25) is 0 Å². The zero-order valence-electron chi connectivity index (χ0n) is 25.4. The van der Waals surface area contributed by atoms with E-state index in [1.807, 2.05) is 42.5 Å². The molecule has 0 bridgehead atoms. The molecule has 1 aromatic heterocycles. The van der Waals surface area contributed by atoms with Crippen LogP contribution in [0.2, 0.25) is 0 Å². The zero-order chi connectivity index (χ0) is 31.0. The molecule has 0 aliphatic carbocycles. The van der Waals surface area contributed by atoms with Crippen molar-refractivity contribution < 1.29 is 14.3 Å². The van der Waals surface area contributed by atoms with E-state index in [1.54, 1.807) is 0 Å². The Morgan fingerprint density at radius 2 is 1.68 bits per heavy atom. The van der Waals surface area contributed by atoms with Gasteiger partial charge in [-0.1, -0.05) is 57.2 Å². The third-order valence-electron chi connectivity index (χ3n) is 8.60. The van der Waals surface area contributed by atoms with Crippen LogP contribution in [0, 0.1) is 5.82 Å². The van der Waals surface area contributed by atoms with E-state index in [9.17, 15) is 14.3 Å². The van der Waals surface area contributed by atoms with Gasteiger partial charge in [0.1, 0.15) is 11.6 Å². The summed E-state index contributed by atoms with van der Waals surface area (Å²) in [6.45, 7) is 8.26. The van der Waals surface area contributed by atoms with Gasteiger partial charge in [-0.15, -0.1) is 0 Å². The molecule has 1 amide bonds. The minimum Gasteiger partial charge on any atom is -0.508 e. The molecule has 44 heavy (non-hydrogen) atoms. The second-order valence-corrected chi connectivity index (χ2v) is 12.8. The highest BCUT2D eigenvalue weighted by molar-refractivity contribution is 5.96. The number of piperidine rings is 1. The van der Waals surface area contributed by atoms with Crippen LogP contribution in [0.5, 0.6) is 5.75 Å². The highest BCUT2D eigenvalue weighted by Gasteiger charge is 2.25. The first-order chi connectivity index (χ1) is 21.0. The lowest BCUT2D eigenvalue weighted by atomic mass is 9.84. The molecule has 0 unspecified atom stereocenters. The van der Waals surface area contributed by atoms with Crippen LogP contribution in [-0.2, 0) is 5.41 Å². The lowest BCUT2D eigenvalue weighted by Gasteiger charge is -2.32. The van der Waals surface area contributed by atoms with E-state index in [0.717, 1.165) is 53.5 Å². The standard InChI is InChI=1S/C37H39FN4O2/c1-37(2,3)27-19-25(23-8-11-30(12-9-23)42-16-14-29(39)15-17-42)18-26(20-27)36(44)41-35(31-22-28(38)10-13-34(31)43)33-21-24-6-4-5-7-32(24)40-33/h4-13,18-22,29,35,40,43H,14-17,39H2,1-3H3,(H,41,44)/t35-/m1/s1. The molecule has 0 spiro atoms. The summed E-state index contributed by atoms with van der Waals surface area (Å²) < 4.78 is 14.4. The molecular formula is C37H39FN4O2. The number of amides is 1. The lowest BCUT2D eigenvalue weighted by molar-refractivity contribution is 0.0942. The average molecular weight is 591 g/mol. The average Bonchev–Trinajstić information content (AvgIpc) is 3.45. The Bertz CT molecular complexity index is 1760. The van der Waals surface area contributed by atoms with Gasteiger partial charge in [-0.05, 0) is 94.9 Å². The van der Waals surface area contributed by atoms with E-state index in [1.165, 1.54) is 23.9 Å². The van der Waals surface area contributed by atoms with E-state index < -0.39 is 11.9 Å². The Morgan fingerprint density at radius 1 is 0.955 bits per heavy atom. The summed E-state index contributed by atoms with van der Waals surface area (Å²) in [6, 6.07) is 27.3. The van der Waals surface area contributed by atoms with E-state index >= 15 is 0 Å². The number of nitrogens with zero attached hydrogens (tertiary/aromatic N) is 1. The number of aromatic hydroxyl groups is 1. The van der Waals surface area contributed by atoms with Crippen LogP contribution in [-0.4, -0.2) is 35.1 Å². The van der Waals surface area contributed by atoms with Gasteiger partial charge >= 0.3 is 0 Å². The molecule has 5 N–H and O–H groups in total. The van der Waals surface area contributed by atoms with Crippen molar-refractivity contribution in [1.29, 1.82) is 0 Å². The van der Waals surface area contributed by atoms with Crippen LogP contribution >= 0.6 is 0 Å². The first kappa shape index (κ1) is 29.5. The molecule has 1 fully saturated rings. The van der Waals surface area contributed by atoms with Crippen LogP contribution in [0.25, 0.3) is 22.0 Å². The van der Waals surface area contributed by atoms with Gasteiger partial charge < -0.3 is 26.0 Å². The molecule has 0 radical (unpaired) electrons. The van der Waals surface area contributed by atoms with Crippen molar-refractivity contribution in [1.82, 2.24) is 10.3 Å². The Morgan fingerprint density at radius 3 is 2.39 bits per heavy atom. The number of aromatic amines is 1. The van der Waals surface area contributed by atoms with Crippen molar-refractivity contribution in [2.75, 3.05) is 18.0 Å².